The predicted molar refractivity (Wildman–Crippen MR) is 82.2 cm³/mol. The highest BCUT2D eigenvalue weighted by atomic mass is 35.5. The first kappa shape index (κ1) is 17.1. The van der Waals surface area contributed by atoms with E-state index in [0.29, 0.717) is 24.4 Å². The van der Waals surface area contributed by atoms with Crippen LogP contribution < -0.4 is 10.6 Å². The number of halogens is 1. The van der Waals surface area contributed by atoms with Crippen LogP contribution in [0.2, 0.25) is 0 Å². The van der Waals surface area contributed by atoms with Gasteiger partial charge < -0.3 is 15.4 Å². The zero-order chi connectivity index (χ0) is 12.8. The third-order valence-electron chi connectivity index (χ3n) is 3.63. The molecule has 2 rings (SSSR count). The van der Waals surface area contributed by atoms with E-state index < -0.39 is 0 Å². The van der Waals surface area contributed by atoms with Crippen LogP contribution in [-0.4, -0.2) is 48.8 Å². The summed E-state index contributed by atoms with van der Waals surface area (Å²) < 4.78 is 5.50. The Hall–Kier alpha value is 0.0300. The molecule has 6 heteroatoms. The fraction of sp³-hybridized carbons (Fsp3) is 0.923. The van der Waals surface area contributed by atoms with Crippen molar-refractivity contribution in [2.45, 2.75) is 50.0 Å². The van der Waals surface area contributed by atoms with Crippen molar-refractivity contribution in [2.24, 2.45) is 0 Å². The molecule has 0 aromatic carbocycles. The standard InChI is InChI=1S/C13H24N2O2S.ClH/c1-2-18-12-6-4-3-5-10(12)15-13(16)11-9-14-7-8-17-11;/h10-12,14H,2-9H2,1H3,(H,15,16);1H. The number of carbonyl (C=O) groups excluding carboxylic acids is 1. The number of nitrogens with one attached hydrogen (secondary N) is 2. The summed E-state index contributed by atoms with van der Waals surface area (Å²) in [5.41, 5.74) is 0. The summed E-state index contributed by atoms with van der Waals surface area (Å²) in [5.74, 6) is 1.19. The van der Waals surface area contributed by atoms with Gasteiger partial charge >= 0.3 is 0 Å². The lowest BCUT2D eigenvalue weighted by atomic mass is 9.94. The van der Waals surface area contributed by atoms with Gasteiger partial charge in [0.15, 0.2) is 0 Å². The average molecular weight is 309 g/mol. The second-order valence-electron chi connectivity index (χ2n) is 4.96. The van der Waals surface area contributed by atoms with Crippen LogP contribution in [0.3, 0.4) is 0 Å². The molecule has 0 aromatic heterocycles. The van der Waals surface area contributed by atoms with E-state index >= 15 is 0 Å². The van der Waals surface area contributed by atoms with E-state index in [4.69, 9.17) is 4.74 Å². The van der Waals surface area contributed by atoms with Crippen LogP contribution in [0.15, 0.2) is 0 Å². The number of thioether (sulfide) groups is 1. The maximum Gasteiger partial charge on any atom is 0.250 e. The van der Waals surface area contributed by atoms with E-state index in [1.165, 1.54) is 19.3 Å². The summed E-state index contributed by atoms with van der Waals surface area (Å²) in [6.45, 7) is 4.31. The molecule has 2 N–H and O–H groups in total. The first-order chi connectivity index (χ1) is 8.81. The van der Waals surface area contributed by atoms with Gasteiger partial charge in [0.2, 0.25) is 0 Å². The molecule has 4 nitrogen and oxygen atoms in total. The van der Waals surface area contributed by atoms with Gasteiger partial charge in [-0.05, 0) is 18.6 Å². The Kier molecular flexibility index (Phi) is 8.14. The van der Waals surface area contributed by atoms with Gasteiger partial charge in [0.1, 0.15) is 6.10 Å². The molecule has 1 saturated carbocycles. The lowest BCUT2D eigenvalue weighted by molar-refractivity contribution is -0.135. The molecule has 0 spiro atoms. The van der Waals surface area contributed by atoms with Crippen molar-refractivity contribution >= 4 is 30.1 Å². The van der Waals surface area contributed by atoms with E-state index in [0.717, 1.165) is 18.7 Å². The minimum absolute atomic E-state index is 0. The molecule has 1 aliphatic carbocycles. The summed E-state index contributed by atoms with van der Waals surface area (Å²) in [4.78, 5) is 12.1. The molecule has 112 valence electrons. The van der Waals surface area contributed by atoms with Crippen LogP contribution in [0, 0.1) is 0 Å². The summed E-state index contributed by atoms with van der Waals surface area (Å²) >= 11 is 1.98. The maximum atomic E-state index is 12.1. The molecule has 0 aromatic rings. The zero-order valence-corrected chi connectivity index (χ0v) is 13.2. The van der Waals surface area contributed by atoms with E-state index in [1.807, 2.05) is 11.8 Å². The van der Waals surface area contributed by atoms with Crippen LogP contribution >= 0.6 is 24.2 Å². The molecule has 1 saturated heterocycles. The fourth-order valence-electron chi connectivity index (χ4n) is 2.69. The number of amides is 1. The lowest BCUT2D eigenvalue weighted by Gasteiger charge is -2.33. The van der Waals surface area contributed by atoms with Crippen LogP contribution in [0.25, 0.3) is 0 Å². The molecule has 0 bridgehead atoms. The average Bonchev–Trinajstić information content (AvgIpc) is 2.42. The van der Waals surface area contributed by atoms with Crippen molar-refractivity contribution in [3.63, 3.8) is 0 Å². The van der Waals surface area contributed by atoms with Crippen molar-refractivity contribution in [1.29, 1.82) is 0 Å². The Labute approximate surface area is 126 Å². The van der Waals surface area contributed by atoms with Crippen molar-refractivity contribution in [3.8, 4) is 0 Å². The van der Waals surface area contributed by atoms with Crippen molar-refractivity contribution in [2.75, 3.05) is 25.4 Å². The fourth-order valence-corrected chi connectivity index (χ4v) is 3.88. The molecule has 1 amide bonds. The van der Waals surface area contributed by atoms with Crippen LogP contribution in [0.5, 0.6) is 0 Å². The SMILES string of the molecule is CCSC1CCCCC1NC(=O)C1CNCCO1.Cl. The number of rotatable bonds is 4. The van der Waals surface area contributed by atoms with Crippen molar-refractivity contribution in [3.05, 3.63) is 0 Å². The highest BCUT2D eigenvalue weighted by molar-refractivity contribution is 7.99. The molecule has 2 fully saturated rings. The molecular formula is C13H25ClN2O2S. The molecule has 2 aliphatic rings. The van der Waals surface area contributed by atoms with Crippen molar-refractivity contribution < 1.29 is 9.53 Å². The summed E-state index contributed by atoms with van der Waals surface area (Å²) in [6, 6.07) is 0.335. The van der Waals surface area contributed by atoms with Gasteiger partial charge in [0.05, 0.1) is 6.61 Å². The van der Waals surface area contributed by atoms with Gasteiger partial charge in [0, 0.05) is 24.4 Å². The first-order valence-corrected chi connectivity index (χ1v) is 8.10. The Morgan fingerprint density at radius 2 is 2.21 bits per heavy atom. The largest absolute Gasteiger partial charge is 0.366 e. The zero-order valence-electron chi connectivity index (χ0n) is 11.5. The van der Waals surface area contributed by atoms with E-state index in [-0.39, 0.29) is 24.4 Å². The van der Waals surface area contributed by atoms with Gasteiger partial charge in [-0.15, -0.1) is 12.4 Å². The Bertz CT molecular complexity index is 273. The summed E-state index contributed by atoms with van der Waals surface area (Å²) in [7, 11) is 0. The number of carbonyl (C=O) groups is 1. The van der Waals surface area contributed by atoms with Gasteiger partial charge in [-0.2, -0.15) is 11.8 Å². The molecule has 3 atom stereocenters. The summed E-state index contributed by atoms with van der Waals surface area (Å²) in [5, 5.41) is 6.98. The second kappa shape index (κ2) is 9.06. The van der Waals surface area contributed by atoms with Gasteiger partial charge in [0.25, 0.3) is 5.91 Å². The normalized spacial score (nSPS) is 31.3. The predicted octanol–water partition coefficient (Wildman–Crippen LogP) is 1.58. The molecule has 3 unspecified atom stereocenters. The number of hydrogen-bond acceptors (Lipinski definition) is 4. The van der Waals surface area contributed by atoms with Crippen LogP contribution in [0.1, 0.15) is 32.6 Å². The molecule has 1 aliphatic heterocycles. The topological polar surface area (TPSA) is 50.4 Å². The molecule has 19 heavy (non-hydrogen) atoms. The third kappa shape index (κ3) is 5.14. The van der Waals surface area contributed by atoms with Gasteiger partial charge in [-0.3, -0.25) is 4.79 Å². The van der Waals surface area contributed by atoms with E-state index in [9.17, 15) is 4.79 Å². The van der Waals surface area contributed by atoms with E-state index in [2.05, 4.69) is 17.6 Å². The first-order valence-electron chi connectivity index (χ1n) is 7.05. The molecular weight excluding hydrogens is 284 g/mol. The maximum absolute atomic E-state index is 12.1. The van der Waals surface area contributed by atoms with Crippen LogP contribution in [-0.2, 0) is 9.53 Å². The number of hydrogen-bond donors (Lipinski definition) is 2. The minimum atomic E-state index is -0.298. The van der Waals surface area contributed by atoms with Gasteiger partial charge in [-0.1, -0.05) is 19.8 Å². The Morgan fingerprint density at radius 3 is 2.89 bits per heavy atom. The number of morpholine rings is 1. The Balaban J connectivity index is 0.00000180. The van der Waals surface area contributed by atoms with Crippen LogP contribution in [0.4, 0.5) is 0 Å². The van der Waals surface area contributed by atoms with Gasteiger partial charge in [-0.25, -0.2) is 0 Å². The second-order valence-corrected chi connectivity index (χ2v) is 6.47. The Morgan fingerprint density at radius 1 is 1.42 bits per heavy atom. The molecule has 1 heterocycles. The monoisotopic (exact) mass is 308 g/mol. The van der Waals surface area contributed by atoms with E-state index in [1.54, 1.807) is 0 Å². The quantitative estimate of drug-likeness (QED) is 0.828. The summed E-state index contributed by atoms with van der Waals surface area (Å²) in [6.07, 6.45) is 4.57. The third-order valence-corrected chi connectivity index (χ3v) is 4.96. The smallest absolute Gasteiger partial charge is 0.250 e. The number of ether oxygens (including phenoxy) is 1. The molecule has 0 radical (unpaired) electrons. The minimum Gasteiger partial charge on any atom is -0.366 e. The van der Waals surface area contributed by atoms with Crippen molar-refractivity contribution in [1.82, 2.24) is 10.6 Å². The highest BCUT2D eigenvalue weighted by Crippen LogP contribution is 2.28. The lowest BCUT2D eigenvalue weighted by Crippen LogP contribution is -2.53. The highest BCUT2D eigenvalue weighted by Gasteiger charge is 2.29.